The highest BCUT2D eigenvalue weighted by Crippen LogP contribution is 2.36. The number of benzene rings is 1. The highest BCUT2D eigenvalue weighted by Gasteiger charge is 2.14. The summed E-state index contributed by atoms with van der Waals surface area (Å²) in [6.45, 7) is 0. The fraction of sp³-hybridized carbons (Fsp3) is 0. The molecule has 11 heteroatoms. The number of carbonyl (C=O) groups is 2. The van der Waals surface area contributed by atoms with Crippen LogP contribution < -0.4 is 4.52 Å². The zero-order valence-electron chi connectivity index (χ0n) is 9.15. The minimum atomic E-state index is -4.39. The quantitative estimate of drug-likeness (QED) is 0.438. The van der Waals surface area contributed by atoms with E-state index in [-0.39, 0.29) is 5.75 Å². The molecule has 10 nitrogen and oxygen atoms in total. The molecule has 0 saturated carbocycles. The molecule has 0 amide bonds. The Balaban J connectivity index is 0. The molecule has 0 radical (unpaired) electrons. The standard InChI is InChI=1S/C6H7O4P.2CH2O3/c7-11(8,9)10-6-4-2-1-3-5-6;2*2-1(3)4/h1-5H,(H2,7,8,9);2*(H2,2,3,4). The third-order valence-electron chi connectivity index (χ3n) is 0.968. The topological polar surface area (TPSA) is 182 Å². The second-order valence-electron chi connectivity index (χ2n) is 2.46. The van der Waals surface area contributed by atoms with Crippen molar-refractivity contribution in [2.75, 3.05) is 0 Å². The van der Waals surface area contributed by atoms with Gasteiger partial charge >= 0.3 is 20.1 Å². The van der Waals surface area contributed by atoms with Gasteiger partial charge in [-0.2, -0.15) is 0 Å². The van der Waals surface area contributed by atoms with Crippen LogP contribution in [-0.4, -0.2) is 42.5 Å². The van der Waals surface area contributed by atoms with Crippen LogP contribution in [0.1, 0.15) is 0 Å². The molecular formula is C8H11O10P. The van der Waals surface area contributed by atoms with Crippen LogP contribution in [0.15, 0.2) is 30.3 Å². The summed E-state index contributed by atoms with van der Waals surface area (Å²) < 4.78 is 14.5. The minimum absolute atomic E-state index is 0.167. The van der Waals surface area contributed by atoms with Gasteiger partial charge in [-0.05, 0) is 12.1 Å². The first-order valence-corrected chi connectivity index (χ1v) is 5.71. The number of carboxylic acid groups (broad SMARTS) is 4. The zero-order valence-corrected chi connectivity index (χ0v) is 10.0. The molecular weight excluding hydrogens is 287 g/mol. The highest BCUT2D eigenvalue weighted by molar-refractivity contribution is 7.46. The summed E-state index contributed by atoms with van der Waals surface area (Å²) in [6.07, 6.45) is -3.67. The highest BCUT2D eigenvalue weighted by atomic mass is 31.2. The second kappa shape index (κ2) is 9.71. The predicted octanol–water partition coefficient (Wildman–Crippen LogP) is 1.60. The van der Waals surface area contributed by atoms with E-state index < -0.39 is 20.1 Å². The first kappa shape index (κ1) is 19.1. The van der Waals surface area contributed by atoms with E-state index in [0.29, 0.717) is 0 Å². The lowest BCUT2D eigenvalue weighted by Gasteiger charge is -2.04. The first-order chi connectivity index (χ1) is 8.54. The molecule has 0 saturated heterocycles. The summed E-state index contributed by atoms with van der Waals surface area (Å²) in [5.74, 6) is 0.167. The van der Waals surface area contributed by atoms with Crippen molar-refractivity contribution in [1.29, 1.82) is 0 Å². The summed E-state index contributed by atoms with van der Waals surface area (Å²) in [5, 5.41) is 27.9. The molecule has 0 aliphatic carbocycles. The molecule has 6 N–H and O–H groups in total. The molecule has 108 valence electrons. The van der Waals surface area contributed by atoms with Gasteiger partial charge in [0.05, 0.1) is 0 Å². The van der Waals surface area contributed by atoms with E-state index in [2.05, 4.69) is 4.52 Å². The largest absolute Gasteiger partial charge is 0.524 e. The Morgan fingerprint density at radius 2 is 1.21 bits per heavy atom. The van der Waals surface area contributed by atoms with Gasteiger partial charge < -0.3 is 24.9 Å². The lowest BCUT2D eigenvalue weighted by Crippen LogP contribution is -1.88. The molecule has 0 heterocycles. The smallest absolute Gasteiger partial charge is 0.450 e. The summed E-state index contributed by atoms with van der Waals surface area (Å²) in [4.78, 5) is 33.8. The Bertz CT molecular complexity index is 404. The maximum Gasteiger partial charge on any atom is 0.524 e. The number of para-hydroxylation sites is 1. The average Bonchev–Trinajstić information content (AvgIpc) is 2.14. The molecule has 0 unspecified atom stereocenters. The van der Waals surface area contributed by atoms with Gasteiger partial charge in [-0.3, -0.25) is 9.79 Å². The summed E-state index contributed by atoms with van der Waals surface area (Å²) in [6, 6.07) is 7.93. The Labute approximate surface area is 106 Å². The Hall–Kier alpha value is -2.29. The average molecular weight is 298 g/mol. The Morgan fingerprint density at radius 3 is 1.47 bits per heavy atom. The predicted molar refractivity (Wildman–Crippen MR) is 60.4 cm³/mol. The molecule has 0 spiro atoms. The van der Waals surface area contributed by atoms with Crippen LogP contribution in [0.3, 0.4) is 0 Å². The van der Waals surface area contributed by atoms with Gasteiger partial charge in [0.2, 0.25) is 0 Å². The van der Waals surface area contributed by atoms with Crippen LogP contribution in [0.2, 0.25) is 0 Å². The molecule has 1 aromatic rings. The summed E-state index contributed by atoms with van der Waals surface area (Å²) in [7, 11) is -4.39. The number of hydrogen-bond donors (Lipinski definition) is 6. The fourth-order valence-corrected chi connectivity index (χ4v) is 1.02. The molecule has 0 aliphatic heterocycles. The maximum atomic E-state index is 10.3. The molecule has 0 bridgehead atoms. The monoisotopic (exact) mass is 298 g/mol. The lowest BCUT2D eigenvalue weighted by atomic mass is 10.3. The SMILES string of the molecule is O=C(O)O.O=C(O)O.O=P(O)(O)Oc1ccccc1. The van der Waals surface area contributed by atoms with E-state index in [1.165, 1.54) is 12.1 Å². The van der Waals surface area contributed by atoms with Crippen molar-refractivity contribution in [1.82, 2.24) is 0 Å². The number of phosphoric ester groups is 1. The van der Waals surface area contributed by atoms with Gasteiger partial charge in [-0.15, -0.1) is 0 Å². The van der Waals surface area contributed by atoms with Crippen LogP contribution in [0.25, 0.3) is 0 Å². The van der Waals surface area contributed by atoms with Crippen LogP contribution in [0.4, 0.5) is 9.59 Å². The second-order valence-corrected chi connectivity index (χ2v) is 3.62. The van der Waals surface area contributed by atoms with Crippen LogP contribution in [-0.2, 0) is 4.57 Å². The third-order valence-corrected chi connectivity index (χ3v) is 1.42. The van der Waals surface area contributed by atoms with Crippen molar-refractivity contribution >= 4 is 20.1 Å². The van der Waals surface area contributed by atoms with Crippen molar-refractivity contribution in [3.05, 3.63) is 30.3 Å². The van der Waals surface area contributed by atoms with Crippen molar-refractivity contribution in [2.24, 2.45) is 0 Å². The van der Waals surface area contributed by atoms with Gasteiger partial charge in [0.1, 0.15) is 5.75 Å². The van der Waals surface area contributed by atoms with Crippen LogP contribution in [0.5, 0.6) is 5.75 Å². The Morgan fingerprint density at radius 1 is 0.895 bits per heavy atom. The van der Waals surface area contributed by atoms with Gasteiger partial charge in [-0.25, -0.2) is 14.2 Å². The normalized spacial score (nSPS) is 8.95. The van der Waals surface area contributed by atoms with Gasteiger partial charge in [0, 0.05) is 0 Å². The van der Waals surface area contributed by atoms with Crippen molar-refractivity contribution in [3.8, 4) is 5.75 Å². The molecule has 0 fully saturated rings. The first-order valence-electron chi connectivity index (χ1n) is 4.18. The molecule has 0 aliphatic rings. The van der Waals surface area contributed by atoms with Crippen molar-refractivity contribution in [3.63, 3.8) is 0 Å². The third kappa shape index (κ3) is 25.7. The number of hydrogen-bond acceptors (Lipinski definition) is 4. The maximum absolute atomic E-state index is 10.3. The number of rotatable bonds is 2. The lowest BCUT2D eigenvalue weighted by molar-refractivity contribution is 0.135. The molecule has 19 heavy (non-hydrogen) atoms. The molecule has 0 aromatic heterocycles. The van der Waals surface area contributed by atoms with E-state index in [9.17, 15) is 4.57 Å². The zero-order chi connectivity index (χ0) is 15.5. The summed E-state index contributed by atoms with van der Waals surface area (Å²) >= 11 is 0. The van der Waals surface area contributed by atoms with E-state index in [4.69, 9.17) is 39.8 Å². The van der Waals surface area contributed by atoms with Gasteiger partial charge in [0.15, 0.2) is 0 Å². The van der Waals surface area contributed by atoms with E-state index in [1.54, 1.807) is 18.2 Å². The number of phosphoric acid groups is 1. The fourth-order valence-electron chi connectivity index (χ4n) is 0.619. The van der Waals surface area contributed by atoms with Gasteiger partial charge in [-0.1, -0.05) is 18.2 Å². The molecule has 1 rings (SSSR count). The van der Waals surface area contributed by atoms with Crippen LogP contribution >= 0.6 is 7.82 Å². The van der Waals surface area contributed by atoms with Crippen LogP contribution in [0, 0.1) is 0 Å². The van der Waals surface area contributed by atoms with Crippen molar-refractivity contribution < 1.29 is 48.9 Å². The van der Waals surface area contributed by atoms with E-state index in [1.807, 2.05) is 0 Å². The van der Waals surface area contributed by atoms with E-state index >= 15 is 0 Å². The molecule has 1 aromatic carbocycles. The minimum Gasteiger partial charge on any atom is -0.450 e. The van der Waals surface area contributed by atoms with E-state index in [0.717, 1.165) is 0 Å². The molecule has 0 atom stereocenters. The van der Waals surface area contributed by atoms with Gasteiger partial charge in [0.25, 0.3) is 0 Å². The Kier molecular flexibility index (Phi) is 9.74. The summed E-state index contributed by atoms with van der Waals surface area (Å²) in [5.41, 5.74) is 0. The van der Waals surface area contributed by atoms with Crippen molar-refractivity contribution in [2.45, 2.75) is 0 Å².